The maximum atomic E-state index is 12.5. The second-order valence-corrected chi connectivity index (χ2v) is 8.87. The largest absolute Gasteiger partial charge is 0.481 e. The van der Waals surface area contributed by atoms with Crippen molar-refractivity contribution in [3.63, 3.8) is 0 Å². The van der Waals surface area contributed by atoms with Gasteiger partial charge in [0.05, 0.1) is 6.42 Å². The fourth-order valence-corrected chi connectivity index (χ4v) is 4.46. The lowest BCUT2D eigenvalue weighted by Gasteiger charge is -2.23. The van der Waals surface area contributed by atoms with Gasteiger partial charge in [-0.15, -0.1) is 0 Å². The summed E-state index contributed by atoms with van der Waals surface area (Å²) >= 11 is 0. The first-order valence-electron chi connectivity index (χ1n) is 12.0. The van der Waals surface area contributed by atoms with E-state index in [1.165, 1.54) is 22.3 Å². The predicted octanol–water partition coefficient (Wildman–Crippen LogP) is 4.65. The Balaban J connectivity index is 1.42. The van der Waals surface area contributed by atoms with Crippen LogP contribution in [0.2, 0.25) is 0 Å². The van der Waals surface area contributed by atoms with E-state index in [-0.39, 0.29) is 37.3 Å². The highest BCUT2D eigenvalue weighted by Crippen LogP contribution is 2.44. The number of carbonyl (C=O) groups is 3. The number of fused-ring (bicyclic) bond motifs is 3. The van der Waals surface area contributed by atoms with E-state index < -0.39 is 12.1 Å². The Labute approximate surface area is 201 Å². The molecule has 2 amide bonds. The molecule has 0 radical (unpaired) electrons. The molecule has 2 aromatic rings. The Morgan fingerprint density at radius 1 is 1.03 bits per heavy atom. The zero-order chi connectivity index (χ0) is 24.5. The summed E-state index contributed by atoms with van der Waals surface area (Å²) in [5.74, 6) is -0.874. The minimum Gasteiger partial charge on any atom is -0.481 e. The molecular formula is C27H34N2O5. The summed E-state index contributed by atoms with van der Waals surface area (Å²) < 4.78 is 5.55. The summed E-state index contributed by atoms with van der Waals surface area (Å²) in [5.41, 5.74) is 4.71. The number of benzene rings is 2. The highest BCUT2D eigenvalue weighted by Gasteiger charge is 2.29. The van der Waals surface area contributed by atoms with Crippen LogP contribution in [-0.2, 0) is 14.3 Å². The number of ether oxygens (including phenoxy) is 1. The molecule has 0 heterocycles. The van der Waals surface area contributed by atoms with E-state index in [0.29, 0.717) is 25.9 Å². The maximum Gasteiger partial charge on any atom is 0.407 e. The highest BCUT2D eigenvalue weighted by atomic mass is 16.5. The number of carbonyl (C=O) groups excluding carboxylic acids is 2. The van der Waals surface area contributed by atoms with Crippen molar-refractivity contribution in [3.8, 4) is 11.1 Å². The molecule has 3 rings (SSSR count). The molecular weight excluding hydrogens is 432 g/mol. The van der Waals surface area contributed by atoms with Gasteiger partial charge in [-0.05, 0) is 41.0 Å². The molecule has 0 saturated heterocycles. The van der Waals surface area contributed by atoms with Gasteiger partial charge in [-0.1, -0.05) is 62.4 Å². The molecule has 1 aliphatic rings. The van der Waals surface area contributed by atoms with Gasteiger partial charge in [0.15, 0.2) is 0 Å². The van der Waals surface area contributed by atoms with Crippen LogP contribution in [0.3, 0.4) is 0 Å². The van der Waals surface area contributed by atoms with Gasteiger partial charge in [0.25, 0.3) is 0 Å². The van der Waals surface area contributed by atoms with Crippen LogP contribution in [0.5, 0.6) is 0 Å². The van der Waals surface area contributed by atoms with E-state index in [1.807, 2.05) is 38.1 Å². The lowest BCUT2D eigenvalue weighted by atomic mass is 9.98. The second-order valence-electron chi connectivity index (χ2n) is 8.87. The van der Waals surface area contributed by atoms with Crippen LogP contribution in [0.4, 0.5) is 4.79 Å². The van der Waals surface area contributed by atoms with Crippen molar-refractivity contribution in [1.82, 2.24) is 10.2 Å². The Morgan fingerprint density at radius 3 is 2.24 bits per heavy atom. The number of hydrogen-bond donors (Lipinski definition) is 2. The molecule has 2 aromatic carbocycles. The van der Waals surface area contributed by atoms with Gasteiger partial charge in [-0.25, -0.2) is 4.79 Å². The summed E-state index contributed by atoms with van der Waals surface area (Å²) in [6, 6.07) is 16.4. The summed E-state index contributed by atoms with van der Waals surface area (Å²) in [6.45, 7) is 5.38. The molecule has 0 fully saturated rings. The molecule has 182 valence electrons. The number of rotatable bonds is 12. The Hall–Kier alpha value is -3.35. The summed E-state index contributed by atoms with van der Waals surface area (Å²) in [6.07, 6.45) is 1.22. The van der Waals surface area contributed by atoms with Gasteiger partial charge in [0.1, 0.15) is 6.61 Å². The van der Waals surface area contributed by atoms with Gasteiger partial charge in [-0.3, -0.25) is 9.59 Å². The third-order valence-electron chi connectivity index (χ3n) is 6.22. The van der Waals surface area contributed by atoms with Gasteiger partial charge >= 0.3 is 12.1 Å². The van der Waals surface area contributed by atoms with E-state index in [2.05, 4.69) is 29.6 Å². The van der Waals surface area contributed by atoms with Crippen LogP contribution in [0.15, 0.2) is 48.5 Å². The van der Waals surface area contributed by atoms with Crippen LogP contribution in [0.25, 0.3) is 11.1 Å². The zero-order valence-corrected chi connectivity index (χ0v) is 20.0. The molecule has 0 bridgehead atoms. The normalized spacial score (nSPS) is 13.0. The number of hydrogen-bond acceptors (Lipinski definition) is 4. The monoisotopic (exact) mass is 466 g/mol. The van der Waals surface area contributed by atoms with Crippen molar-refractivity contribution in [2.24, 2.45) is 5.92 Å². The molecule has 1 aliphatic carbocycles. The standard InChI is InChI=1S/C27H34N2O5/c1-3-15-29(16-13-26(31)32)25(30)17-19(2)12-14-28-27(33)34-18-24-22-10-6-4-8-20(22)21-9-5-7-11-23(21)24/h4-11,19,24H,3,12-18H2,1-2H3,(H,28,33)(H,31,32). The van der Waals surface area contributed by atoms with Gasteiger partial charge in [0, 0.05) is 32.0 Å². The zero-order valence-electron chi connectivity index (χ0n) is 20.0. The predicted molar refractivity (Wildman–Crippen MR) is 131 cm³/mol. The lowest BCUT2D eigenvalue weighted by Crippen LogP contribution is -2.35. The van der Waals surface area contributed by atoms with E-state index in [1.54, 1.807) is 4.90 Å². The maximum absolute atomic E-state index is 12.5. The molecule has 7 nitrogen and oxygen atoms in total. The molecule has 1 atom stereocenters. The Morgan fingerprint density at radius 2 is 1.65 bits per heavy atom. The van der Waals surface area contributed by atoms with E-state index >= 15 is 0 Å². The Kier molecular flexibility index (Phi) is 9.08. The van der Waals surface area contributed by atoms with E-state index in [0.717, 1.165) is 6.42 Å². The summed E-state index contributed by atoms with van der Waals surface area (Å²) in [7, 11) is 0. The summed E-state index contributed by atoms with van der Waals surface area (Å²) in [5, 5.41) is 11.7. The number of carboxylic acid groups (broad SMARTS) is 1. The number of alkyl carbamates (subject to hydrolysis) is 1. The molecule has 1 unspecified atom stereocenters. The fraction of sp³-hybridized carbons (Fsp3) is 0.444. The van der Waals surface area contributed by atoms with E-state index in [4.69, 9.17) is 9.84 Å². The van der Waals surface area contributed by atoms with Crippen molar-refractivity contribution in [3.05, 3.63) is 59.7 Å². The molecule has 7 heteroatoms. The molecule has 0 aromatic heterocycles. The third-order valence-corrected chi connectivity index (χ3v) is 6.22. The molecule has 0 saturated carbocycles. The van der Waals surface area contributed by atoms with Gasteiger partial charge in [0.2, 0.25) is 5.91 Å². The topological polar surface area (TPSA) is 95.9 Å². The number of carboxylic acids is 1. The van der Waals surface area contributed by atoms with Crippen LogP contribution in [-0.4, -0.2) is 54.2 Å². The Bertz CT molecular complexity index is 961. The first-order valence-corrected chi connectivity index (χ1v) is 12.0. The van der Waals surface area contributed by atoms with Crippen LogP contribution in [0, 0.1) is 5.92 Å². The minimum absolute atomic E-state index is 0.0186. The summed E-state index contributed by atoms with van der Waals surface area (Å²) in [4.78, 5) is 37.3. The van der Waals surface area contributed by atoms with Crippen molar-refractivity contribution in [2.75, 3.05) is 26.2 Å². The molecule has 0 spiro atoms. The second kappa shape index (κ2) is 12.2. The molecule has 2 N–H and O–H groups in total. The molecule has 0 aliphatic heterocycles. The van der Waals surface area contributed by atoms with E-state index in [9.17, 15) is 14.4 Å². The quantitative estimate of drug-likeness (QED) is 0.475. The number of nitrogens with one attached hydrogen (secondary N) is 1. The van der Waals surface area contributed by atoms with Crippen molar-refractivity contribution < 1.29 is 24.2 Å². The molecule has 34 heavy (non-hydrogen) atoms. The lowest BCUT2D eigenvalue weighted by molar-refractivity contribution is -0.138. The first kappa shape index (κ1) is 25.3. The van der Waals surface area contributed by atoms with Crippen LogP contribution in [0.1, 0.15) is 56.6 Å². The highest BCUT2D eigenvalue weighted by molar-refractivity contribution is 5.79. The average Bonchev–Trinajstić information content (AvgIpc) is 3.14. The number of aliphatic carboxylic acids is 1. The average molecular weight is 467 g/mol. The first-order chi connectivity index (χ1) is 16.4. The number of amides is 2. The van der Waals surface area contributed by atoms with Gasteiger partial charge in [-0.2, -0.15) is 0 Å². The SMILES string of the molecule is CCCN(CCC(=O)O)C(=O)CC(C)CCNC(=O)OCC1c2ccccc2-c2ccccc21. The fourth-order valence-electron chi connectivity index (χ4n) is 4.46. The minimum atomic E-state index is -0.908. The smallest absolute Gasteiger partial charge is 0.407 e. The van der Waals surface area contributed by atoms with Crippen molar-refractivity contribution in [1.29, 1.82) is 0 Å². The third kappa shape index (κ3) is 6.59. The van der Waals surface area contributed by atoms with Crippen molar-refractivity contribution >= 4 is 18.0 Å². The number of nitrogens with zero attached hydrogens (tertiary/aromatic N) is 1. The van der Waals surface area contributed by atoms with Crippen molar-refractivity contribution in [2.45, 2.75) is 45.4 Å². The van der Waals surface area contributed by atoms with Gasteiger partial charge < -0.3 is 20.1 Å². The van der Waals surface area contributed by atoms with Crippen LogP contribution < -0.4 is 5.32 Å². The van der Waals surface area contributed by atoms with Crippen LogP contribution >= 0.6 is 0 Å².